The first kappa shape index (κ1) is 20.6. The predicted octanol–water partition coefficient (Wildman–Crippen LogP) is 0.322. The highest BCUT2D eigenvalue weighted by molar-refractivity contribution is 7.91. The normalized spacial score (nSPS) is 25.8. The molecule has 25 heavy (non-hydrogen) atoms. The lowest BCUT2D eigenvalue weighted by molar-refractivity contribution is -0.135. The van der Waals surface area contributed by atoms with Gasteiger partial charge >= 0.3 is 0 Å². The Morgan fingerprint density at radius 1 is 1.28 bits per heavy atom. The van der Waals surface area contributed by atoms with Crippen molar-refractivity contribution in [2.24, 2.45) is 0 Å². The minimum Gasteiger partial charge on any atom is -0.396 e. The van der Waals surface area contributed by atoms with Crippen molar-refractivity contribution in [1.82, 2.24) is 10.2 Å². The van der Waals surface area contributed by atoms with Crippen molar-refractivity contribution in [1.29, 1.82) is 0 Å². The van der Waals surface area contributed by atoms with Gasteiger partial charge in [0, 0.05) is 31.3 Å². The van der Waals surface area contributed by atoms with E-state index in [0.29, 0.717) is 19.4 Å². The molecule has 2 fully saturated rings. The van der Waals surface area contributed by atoms with Gasteiger partial charge in [0.1, 0.15) is 0 Å². The second-order valence-electron chi connectivity index (χ2n) is 7.62. The second-order valence-corrected chi connectivity index (χ2v) is 9.85. The summed E-state index contributed by atoms with van der Waals surface area (Å²) in [5.41, 5.74) is -0.484. The number of hydrogen-bond donors (Lipinski definition) is 2. The minimum atomic E-state index is -3.03. The molecular formula is C17H32N2O5S. The van der Waals surface area contributed by atoms with Crippen LogP contribution >= 0.6 is 0 Å². The van der Waals surface area contributed by atoms with Crippen LogP contribution in [0.2, 0.25) is 0 Å². The maximum absolute atomic E-state index is 12.9. The van der Waals surface area contributed by atoms with E-state index in [2.05, 4.69) is 5.32 Å². The standard InChI is InChI=1S/C17H32N2O5S/c1-17(8-9-20,13-24-2)18-11-16(21)19(14-5-3-4-6-14)15-7-10-25(22,23)12-15/h14-15,18,20H,3-13H2,1-2H3/t15-,17-/m0/s1. The molecule has 1 aliphatic carbocycles. The summed E-state index contributed by atoms with van der Waals surface area (Å²) in [5.74, 6) is 0.212. The number of methoxy groups -OCH3 is 1. The van der Waals surface area contributed by atoms with Gasteiger partial charge in [0.25, 0.3) is 0 Å². The molecule has 0 aromatic heterocycles. The zero-order valence-electron chi connectivity index (χ0n) is 15.4. The van der Waals surface area contributed by atoms with Gasteiger partial charge in [-0.3, -0.25) is 4.79 Å². The van der Waals surface area contributed by atoms with Crippen molar-refractivity contribution < 1.29 is 23.1 Å². The fourth-order valence-electron chi connectivity index (χ4n) is 4.04. The molecule has 1 aliphatic heterocycles. The zero-order valence-corrected chi connectivity index (χ0v) is 16.2. The third kappa shape index (κ3) is 5.64. The van der Waals surface area contributed by atoms with Crippen molar-refractivity contribution >= 4 is 15.7 Å². The van der Waals surface area contributed by atoms with Gasteiger partial charge in [0.05, 0.1) is 24.7 Å². The first-order valence-electron chi connectivity index (χ1n) is 9.17. The van der Waals surface area contributed by atoms with E-state index in [1.165, 1.54) is 0 Å². The minimum absolute atomic E-state index is 0.00819. The van der Waals surface area contributed by atoms with Crippen molar-refractivity contribution in [2.45, 2.75) is 63.1 Å². The van der Waals surface area contributed by atoms with Gasteiger partial charge in [0.15, 0.2) is 9.84 Å². The lowest BCUT2D eigenvalue weighted by Gasteiger charge is -2.36. The van der Waals surface area contributed by atoms with Gasteiger partial charge < -0.3 is 20.1 Å². The Hall–Kier alpha value is -0.700. The third-order valence-electron chi connectivity index (χ3n) is 5.40. The number of nitrogens with one attached hydrogen (secondary N) is 1. The van der Waals surface area contributed by atoms with Crippen LogP contribution in [0.3, 0.4) is 0 Å². The molecule has 0 spiro atoms. The first-order chi connectivity index (χ1) is 11.8. The average molecular weight is 377 g/mol. The van der Waals surface area contributed by atoms with E-state index in [4.69, 9.17) is 4.74 Å². The number of aliphatic hydroxyl groups is 1. The number of carbonyl (C=O) groups excluding carboxylic acids is 1. The monoisotopic (exact) mass is 376 g/mol. The van der Waals surface area contributed by atoms with Gasteiger partial charge in [0.2, 0.25) is 5.91 Å². The molecular weight excluding hydrogens is 344 g/mol. The Morgan fingerprint density at radius 3 is 2.48 bits per heavy atom. The van der Waals surface area contributed by atoms with Crippen LogP contribution < -0.4 is 5.32 Å². The molecule has 1 saturated heterocycles. The Labute approximate surface area is 151 Å². The quantitative estimate of drug-likeness (QED) is 0.602. The number of hydrogen-bond acceptors (Lipinski definition) is 6. The zero-order chi connectivity index (χ0) is 18.5. The van der Waals surface area contributed by atoms with E-state index >= 15 is 0 Å². The van der Waals surface area contributed by atoms with Gasteiger partial charge in [-0.05, 0) is 32.6 Å². The Kier molecular flexibility index (Phi) is 7.25. The van der Waals surface area contributed by atoms with Gasteiger partial charge in [-0.1, -0.05) is 12.8 Å². The topological polar surface area (TPSA) is 95.9 Å². The summed E-state index contributed by atoms with van der Waals surface area (Å²) in [6.07, 6.45) is 5.11. The van der Waals surface area contributed by atoms with E-state index in [9.17, 15) is 18.3 Å². The summed E-state index contributed by atoms with van der Waals surface area (Å²) in [5, 5.41) is 12.5. The summed E-state index contributed by atoms with van der Waals surface area (Å²) >= 11 is 0. The highest BCUT2D eigenvalue weighted by Crippen LogP contribution is 2.29. The summed E-state index contributed by atoms with van der Waals surface area (Å²) in [7, 11) is -1.44. The number of nitrogens with zero attached hydrogens (tertiary/aromatic N) is 1. The highest BCUT2D eigenvalue weighted by atomic mass is 32.2. The summed E-state index contributed by atoms with van der Waals surface area (Å²) in [6, 6.07) is -0.0481. The molecule has 146 valence electrons. The summed E-state index contributed by atoms with van der Waals surface area (Å²) < 4.78 is 28.9. The molecule has 2 rings (SSSR count). The fourth-order valence-corrected chi connectivity index (χ4v) is 5.75. The molecule has 0 radical (unpaired) electrons. The molecule has 7 nitrogen and oxygen atoms in total. The number of aliphatic hydroxyl groups excluding tert-OH is 1. The van der Waals surface area contributed by atoms with E-state index in [1.54, 1.807) is 7.11 Å². The molecule has 0 aromatic carbocycles. The van der Waals surface area contributed by atoms with Crippen LogP contribution in [-0.4, -0.2) is 80.3 Å². The first-order valence-corrected chi connectivity index (χ1v) is 11.0. The van der Waals surface area contributed by atoms with Crippen molar-refractivity contribution in [2.75, 3.05) is 38.4 Å². The van der Waals surface area contributed by atoms with E-state index in [-0.39, 0.29) is 42.6 Å². The molecule has 2 atom stereocenters. The van der Waals surface area contributed by atoms with Crippen LogP contribution in [0.4, 0.5) is 0 Å². The number of amides is 1. The van der Waals surface area contributed by atoms with Gasteiger partial charge in [-0.15, -0.1) is 0 Å². The maximum Gasteiger partial charge on any atom is 0.237 e. The molecule has 2 N–H and O–H groups in total. The molecule has 1 saturated carbocycles. The summed E-state index contributed by atoms with van der Waals surface area (Å²) in [6.45, 7) is 2.45. The van der Waals surface area contributed by atoms with E-state index in [0.717, 1.165) is 25.7 Å². The lowest BCUT2D eigenvalue weighted by atomic mass is 9.99. The van der Waals surface area contributed by atoms with E-state index < -0.39 is 15.4 Å². The SMILES string of the molecule is COC[C@](C)(CCO)NCC(=O)N(C1CCCC1)[C@H]1CCS(=O)(=O)C1. The molecule has 8 heteroatoms. The van der Waals surface area contributed by atoms with Crippen molar-refractivity contribution in [3.63, 3.8) is 0 Å². The Bertz CT molecular complexity index is 539. The largest absolute Gasteiger partial charge is 0.396 e. The molecule has 0 unspecified atom stereocenters. The average Bonchev–Trinajstić information content (AvgIpc) is 3.16. The summed E-state index contributed by atoms with van der Waals surface area (Å²) in [4.78, 5) is 14.8. The van der Waals surface area contributed by atoms with Gasteiger partial charge in [-0.25, -0.2) is 8.42 Å². The van der Waals surface area contributed by atoms with Crippen LogP contribution in [0.25, 0.3) is 0 Å². The Morgan fingerprint density at radius 2 is 1.96 bits per heavy atom. The van der Waals surface area contributed by atoms with Crippen LogP contribution in [0.1, 0.15) is 45.4 Å². The number of sulfone groups is 1. The van der Waals surface area contributed by atoms with Crippen LogP contribution in [0.5, 0.6) is 0 Å². The van der Waals surface area contributed by atoms with Crippen LogP contribution in [0, 0.1) is 0 Å². The number of ether oxygens (including phenoxy) is 1. The van der Waals surface area contributed by atoms with Crippen molar-refractivity contribution in [3.05, 3.63) is 0 Å². The fraction of sp³-hybridized carbons (Fsp3) is 0.941. The molecule has 1 heterocycles. The number of rotatable bonds is 9. The Balaban J connectivity index is 2.05. The van der Waals surface area contributed by atoms with Gasteiger partial charge in [-0.2, -0.15) is 0 Å². The smallest absolute Gasteiger partial charge is 0.237 e. The molecule has 2 aliphatic rings. The molecule has 0 aromatic rings. The number of carbonyl (C=O) groups is 1. The van der Waals surface area contributed by atoms with E-state index in [1.807, 2.05) is 11.8 Å². The second kappa shape index (κ2) is 8.79. The molecule has 1 amide bonds. The van der Waals surface area contributed by atoms with Crippen LogP contribution in [-0.2, 0) is 19.4 Å². The van der Waals surface area contributed by atoms with Crippen LogP contribution in [0.15, 0.2) is 0 Å². The van der Waals surface area contributed by atoms with Crippen molar-refractivity contribution in [3.8, 4) is 0 Å². The predicted molar refractivity (Wildman–Crippen MR) is 96.1 cm³/mol. The highest BCUT2D eigenvalue weighted by Gasteiger charge is 2.39. The third-order valence-corrected chi connectivity index (χ3v) is 7.15. The lowest BCUT2D eigenvalue weighted by Crippen LogP contribution is -2.55. The maximum atomic E-state index is 12.9. The molecule has 0 bridgehead atoms.